The van der Waals surface area contributed by atoms with Gasteiger partial charge in [0.15, 0.2) is 11.6 Å². The average molecular weight is 645 g/mol. The molecular formula is C21H15F8N7O6S. The van der Waals surface area contributed by atoms with Gasteiger partial charge >= 0.3 is 24.0 Å². The van der Waals surface area contributed by atoms with Gasteiger partial charge < -0.3 is 14.8 Å². The summed E-state index contributed by atoms with van der Waals surface area (Å²) in [5.74, 6) is -17.6. The third-order valence-corrected chi connectivity index (χ3v) is 6.18. The highest BCUT2D eigenvalue weighted by atomic mass is 32.2. The highest BCUT2D eigenvalue weighted by Crippen LogP contribution is 2.51. The summed E-state index contributed by atoms with van der Waals surface area (Å²) in [5, 5.41) is 23.9. The lowest BCUT2D eigenvalue weighted by molar-refractivity contribution is -0.384. The lowest BCUT2D eigenvalue weighted by Crippen LogP contribution is -2.50. The summed E-state index contributed by atoms with van der Waals surface area (Å²) in [5.41, 5.74) is -3.30. The van der Waals surface area contributed by atoms with Crippen molar-refractivity contribution in [2.45, 2.75) is 34.6 Å². The van der Waals surface area contributed by atoms with Crippen LogP contribution in [0.15, 0.2) is 40.5 Å². The van der Waals surface area contributed by atoms with E-state index >= 15 is 0 Å². The summed E-state index contributed by atoms with van der Waals surface area (Å²) in [6.07, 6.45) is -6.89. The van der Waals surface area contributed by atoms with E-state index in [1.165, 1.54) is 7.11 Å². The Labute approximate surface area is 237 Å². The highest BCUT2D eigenvalue weighted by molar-refractivity contribution is 7.99. The number of methoxy groups -OCH3 is 1. The molecule has 0 unspecified atom stereocenters. The molecule has 0 aliphatic carbocycles. The third kappa shape index (κ3) is 7.31. The van der Waals surface area contributed by atoms with Crippen molar-refractivity contribution in [1.29, 1.82) is 0 Å². The lowest BCUT2D eigenvalue weighted by atomic mass is 10.0. The number of amides is 1. The third-order valence-electron chi connectivity index (χ3n) is 5.13. The second kappa shape index (κ2) is 12.8. The molecule has 13 nitrogen and oxygen atoms in total. The topological polar surface area (TPSA) is 164 Å². The van der Waals surface area contributed by atoms with Crippen molar-refractivity contribution in [2.75, 3.05) is 25.6 Å². The van der Waals surface area contributed by atoms with Crippen LogP contribution in [-0.2, 0) is 26.7 Å². The summed E-state index contributed by atoms with van der Waals surface area (Å²) in [7, 11) is 1.27. The molecule has 0 atom stereocenters. The summed E-state index contributed by atoms with van der Waals surface area (Å²) in [4.78, 5) is 37.7. The Morgan fingerprint density at radius 3 is 2.44 bits per heavy atom. The fraction of sp³-hybridized carbons (Fsp3) is 0.333. The van der Waals surface area contributed by atoms with Gasteiger partial charge in [-0.2, -0.15) is 30.7 Å². The molecule has 0 fully saturated rings. The van der Waals surface area contributed by atoms with Gasteiger partial charge in [-0.1, -0.05) is 0 Å². The highest BCUT2D eigenvalue weighted by Gasteiger charge is 2.73. The molecule has 43 heavy (non-hydrogen) atoms. The molecule has 3 aromatic rings. The van der Waals surface area contributed by atoms with Crippen LogP contribution in [0.5, 0.6) is 0 Å². The van der Waals surface area contributed by atoms with E-state index in [1.54, 1.807) is 5.32 Å². The number of nitrogens with zero attached hydrogens (tertiary/aromatic N) is 6. The van der Waals surface area contributed by atoms with Gasteiger partial charge in [-0.05, 0) is 34.3 Å². The van der Waals surface area contributed by atoms with E-state index in [9.17, 15) is 54.8 Å². The Hall–Kier alpha value is -4.47. The SMILES string of the molecule is COCC(=O)OCCn1nnnc1Sc1ccc([N+](=O)[O-])cc1C(=O)Nc1ncc(C(F)(F)C(F)(F)C(F)(F)F)cc1F. The minimum Gasteiger partial charge on any atom is -0.462 e. The van der Waals surface area contributed by atoms with Crippen molar-refractivity contribution in [1.82, 2.24) is 25.2 Å². The number of hydrogen-bond donors (Lipinski definition) is 1. The number of nitro benzene ring substituents is 1. The zero-order valence-corrected chi connectivity index (χ0v) is 21.9. The molecule has 0 radical (unpaired) electrons. The van der Waals surface area contributed by atoms with Crippen molar-refractivity contribution >= 4 is 35.1 Å². The number of benzene rings is 1. The molecule has 0 saturated heterocycles. The van der Waals surface area contributed by atoms with Crippen LogP contribution in [0, 0.1) is 15.9 Å². The van der Waals surface area contributed by atoms with Gasteiger partial charge in [0.2, 0.25) is 5.16 Å². The van der Waals surface area contributed by atoms with E-state index in [2.05, 4.69) is 25.2 Å². The molecule has 1 amide bonds. The summed E-state index contributed by atoms with van der Waals surface area (Å²) in [6.45, 7) is -0.610. The van der Waals surface area contributed by atoms with Crippen molar-refractivity contribution in [3.05, 3.63) is 57.5 Å². The van der Waals surface area contributed by atoms with Gasteiger partial charge in [-0.15, -0.1) is 5.10 Å². The molecule has 0 bridgehead atoms. The number of alkyl halides is 7. The molecule has 0 aliphatic heterocycles. The number of rotatable bonds is 12. The number of carbonyl (C=O) groups is 2. The van der Waals surface area contributed by atoms with Gasteiger partial charge in [0.05, 0.1) is 17.0 Å². The number of nitro groups is 1. The molecular weight excluding hydrogens is 630 g/mol. The first kappa shape index (κ1) is 33.0. The van der Waals surface area contributed by atoms with Crippen molar-refractivity contribution in [2.24, 2.45) is 0 Å². The first-order valence-corrected chi connectivity index (χ1v) is 12.0. The molecule has 0 spiro atoms. The molecule has 0 aliphatic rings. The molecule has 1 N–H and O–H groups in total. The predicted octanol–water partition coefficient (Wildman–Crippen LogP) is 4.00. The molecule has 2 aromatic heterocycles. The van der Waals surface area contributed by atoms with Crippen LogP contribution < -0.4 is 5.32 Å². The Bertz CT molecular complexity index is 1520. The average Bonchev–Trinajstić information content (AvgIpc) is 3.35. The number of aromatic nitrogens is 5. The van der Waals surface area contributed by atoms with Crippen molar-refractivity contribution < 1.29 is 59.1 Å². The molecule has 0 saturated carbocycles. The zero-order valence-electron chi connectivity index (χ0n) is 21.1. The predicted molar refractivity (Wildman–Crippen MR) is 125 cm³/mol. The van der Waals surface area contributed by atoms with E-state index in [4.69, 9.17) is 4.74 Å². The maximum atomic E-state index is 14.5. The normalized spacial score (nSPS) is 12.2. The molecule has 2 heterocycles. The van der Waals surface area contributed by atoms with Crippen LogP contribution in [0.25, 0.3) is 0 Å². The van der Waals surface area contributed by atoms with E-state index in [0.717, 1.165) is 22.9 Å². The number of non-ortho nitro benzene ring substituents is 1. The number of halogens is 8. The largest absolute Gasteiger partial charge is 0.462 e. The fourth-order valence-electron chi connectivity index (χ4n) is 3.05. The number of ether oxygens (including phenoxy) is 2. The van der Waals surface area contributed by atoms with E-state index in [-0.39, 0.29) is 42.1 Å². The summed E-state index contributed by atoms with van der Waals surface area (Å²) < 4.78 is 117. The second-order valence-corrected chi connectivity index (χ2v) is 9.04. The smallest absolute Gasteiger partial charge is 0.460 e. The fourth-order valence-corrected chi connectivity index (χ4v) is 3.95. The maximum Gasteiger partial charge on any atom is 0.460 e. The van der Waals surface area contributed by atoms with E-state index < -0.39 is 63.3 Å². The van der Waals surface area contributed by atoms with Gasteiger partial charge in [-0.3, -0.25) is 14.9 Å². The van der Waals surface area contributed by atoms with E-state index in [0.29, 0.717) is 11.8 Å². The van der Waals surface area contributed by atoms with Crippen LogP contribution in [-0.4, -0.2) is 74.4 Å². The number of anilines is 1. The standard InChI is InChI=1S/C21H15F8N7O6S/c1-41-9-15(37)42-5-4-35-18(32-33-34-35)43-14-3-2-11(36(39)40)7-12(14)17(38)31-16-13(22)6-10(8-30-16)19(23,24)20(25,26)21(27,28)29/h2-3,6-8H,4-5,9H2,1H3,(H,30,31,38). The monoisotopic (exact) mass is 645 g/mol. The minimum atomic E-state index is -6.69. The minimum absolute atomic E-state index is 0.0211. The van der Waals surface area contributed by atoms with Crippen molar-refractivity contribution in [3.63, 3.8) is 0 Å². The number of carbonyl (C=O) groups excluding carboxylic acids is 2. The number of tetrazole rings is 1. The Kier molecular flexibility index (Phi) is 9.84. The summed E-state index contributed by atoms with van der Waals surface area (Å²) in [6, 6.07) is 2.43. The molecule has 3 rings (SSSR count). The first-order valence-electron chi connectivity index (χ1n) is 11.2. The van der Waals surface area contributed by atoms with Gasteiger partial charge in [-0.25, -0.2) is 18.9 Å². The van der Waals surface area contributed by atoms with Gasteiger partial charge in [0.1, 0.15) is 13.2 Å². The summed E-state index contributed by atoms with van der Waals surface area (Å²) >= 11 is 0.666. The lowest BCUT2D eigenvalue weighted by Gasteiger charge is -2.28. The zero-order chi connectivity index (χ0) is 32.2. The first-order chi connectivity index (χ1) is 20.0. The maximum absolute atomic E-state index is 14.5. The number of pyridine rings is 1. The Morgan fingerprint density at radius 1 is 1.14 bits per heavy atom. The van der Waals surface area contributed by atoms with Crippen LogP contribution in [0.4, 0.5) is 46.6 Å². The van der Waals surface area contributed by atoms with Gasteiger partial charge in [0, 0.05) is 35.9 Å². The number of hydrogen-bond acceptors (Lipinski definition) is 11. The number of nitrogens with one attached hydrogen (secondary N) is 1. The second-order valence-electron chi connectivity index (χ2n) is 8.03. The Morgan fingerprint density at radius 2 is 1.84 bits per heavy atom. The van der Waals surface area contributed by atoms with Gasteiger partial charge in [0.25, 0.3) is 11.6 Å². The van der Waals surface area contributed by atoms with E-state index in [1.807, 2.05) is 0 Å². The number of esters is 1. The molecule has 232 valence electrons. The Balaban J connectivity index is 1.87. The quantitative estimate of drug-likeness (QED) is 0.131. The van der Waals surface area contributed by atoms with Crippen LogP contribution in [0.3, 0.4) is 0 Å². The van der Waals surface area contributed by atoms with Crippen LogP contribution in [0.2, 0.25) is 0 Å². The van der Waals surface area contributed by atoms with Crippen molar-refractivity contribution in [3.8, 4) is 0 Å². The molecule has 1 aromatic carbocycles. The molecule has 22 heteroatoms. The van der Waals surface area contributed by atoms with Crippen LogP contribution in [0.1, 0.15) is 15.9 Å². The van der Waals surface area contributed by atoms with Crippen LogP contribution >= 0.6 is 11.8 Å².